The first-order valence-corrected chi connectivity index (χ1v) is 10.3. The van der Waals surface area contributed by atoms with Crippen LogP contribution in [0.5, 0.6) is 0 Å². The van der Waals surface area contributed by atoms with Crippen LogP contribution < -0.4 is 5.32 Å². The van der Waals surface area contributed by atoms with E-state index in [0.717, 1.165) is 17.9 Å². The number of benzene rings is 2. The maximum absolute atomic E-state index is 13.0. The van der Waals surface area contributed by atoms with Crippen molar-refractivity contribution in [1.82, 2.24) is 4.90 Å². The van der Waals surface area contributed by atoms with Crippen molar-refractivity contribution in [2.24, 2.45) is 4.99 Å². The minimum Gasteiger partial charge on any atom is -0.375 e. The van der Waals surface area contributed by atoms with Crippen molar-refractivity contribution in [2.75, 3.05) is 18.5 Å². The maximum Gasteiger partial charge on any atom is 0.198 e. The van der Waals surface area contributed by atoms with E-state index in [1.54, 1.807) is 0 Å². The first-order chi connectivity index (χ1) is 13.9. The zero-order chi connectivity index (χ0) is 20.5. The average Bonchev–Trinajstić information content (AvgIpc) is 2.93. The number of nitrogens with one attached hydrogen (secondary N) is 1. The zero-order valence-electron chi connectivity index (χ0n) is 16.7. The van der Waals surface area contributed by atoms with Gasteiger partial charge < -0.3 is 15.0 Å². The Balaban J connectivity index is 1.67. The van der Waals surface area contributed by atoms with Gasteiger partial charge in [-0.15, -0.1) is 0 Å². The summed E-state index contributed by atoms with van der Waals surface area (Å²) in [6.45, 7) is 4.93. The molecule has 0 radical (unpaired) electrons. The van der Waals surface area contributed by atoms with E-state index in [1.807, 2.05) is 65.6 Å². The van der Waals surface area contributed by atoms with Gasteiger partial charge in [-0.1, -0.05) is 48.5 Å². The molecule has 4 rings (SSSR count). The molecule has 2 heterocycles. The Morgan fingerprint density at radius 2 is 1.79 bits per heavy atom. The van der Waals surface area contributed by atoms with E-state index in [4.69, 9.17) is 21.9 Å². The highest BCUT2D eigenvalue weighted by Gasteiger charge is 2.53. The van der Waals surface area contributed by atoms with Crippen LogP contribution in [-0.4, -0.2) is 45.9 Å². The number of amidine groups is 1. The van der Waals surface area contributed by atoms with Gasteiger partial charge >= 0.3 is 0 Å². The van der Waals surface area contributed by atoms with Crippen molar-refractivity contribution in [1.29, 1.82) is 0 Å². The van der Waals surface area contributed by atoms with Gasteiger partial charge in [0.25, 0.3) is 0 Å². The van der Waals surface area contributed by atoms with Crippen LogP contribution in [-0.2, 0) is 4.74 Å². The van der Waals surface area contributed by atoms with Crippen LogP contribution in [0.25, 0.3) is 0 Å². The first-order valence-electron chi connectivity index (χ1n) is 9.85. The molecule has 0 amide bonds. The standard InChI is InChI=1S/C23H25N3O2S/c1-22(2)16-23(13-14-28-22)20(24-18-11-7-4-8-12-18)25-21(29)26(23)15-19(27)17-9-5-3-6-10-17/h3-12H,13-16H2,1-2H3,(H,24,25,29)/t23-/m1/s1. The quantitative estimate of drug-likeness (QED) is 0.605. The molecule has 2 aliphatic rings. The maximum atomic E-state index is 13.0. The van der Waals surface area contributed by atoms with Crippen molar-refractivity contribution in [3.63, 3.8) is 0 Å². The molecule has 1 atom stereocenters. The second-order valence-electron chi connectivity index (χ2n) is 8.18. The monoisotopic (exact) mass is 407 g/mol. The van der Waals surface area contributed by atoms with E-state index in [1.165, 1.54) is 0 Å². The van der Waals surface area contributed by atoms with E-state index < -0.39 is 5.54 Å². The van der Waals surface area contributed by atoms with Crippen molar-refractivity contribution >= 4 is 34.6 Å². The minimum absolute atomic E-state index is 0.0350. The van der Waals surface area contributed by atoms with Gasteiger partial charge in [-0.25, -0.2) is 4.99 Å². The molecule has 0 bridgehead atoms. The molecular weight excluding hydrogens is 382 g/mol. The Kier molecular flexibility index (Phi) is 5.23. The van der Waals surface area contributed by atoms with Gasteiger partial charge in [-0.2, -0.15) is 0 Å². The molecule has 0 aliphatic carbocycles. The number of anilines is 1. The van der Waals surface area contributed by atoms with Crippen LogP contribution in [0.15, 0.2) is 65.7 Å². The molecule has 0 saturated carbocycles. The normalized spacial score (nSPS) is 23.2. The van der Waals surface area contributed by atoms with Gasteiger partial charge in [0.15, 0.2) is 10.9 Å². The van der Waals surface area contributed by atoms with Crippen LogP contribution in [0.3, 0.4) is 0 Å². The zero-order valence-corrected chi connectivity index (χ0v) is 17.5. The summed E-state index contributed by atoms with van der Waals surface area (Å²) in [6.07, 6.45) is 1.41. The highest BCUT2D eigenvalue weighted by molar-refractivity contribution is 7.80. The fraction of sp³-hybridized carbons (Fsp3) is 0.348. The lowest BCUT2D eigenvalue weighted by Gasteiger charge is -2.48. The van der Waals surface area contributed by atoms with Gasteiger partial charge in [0, 0.05) is 30.7 Å². The molecular formula is C23H25N3O2S. The third-order valence-corrected chi connectivity index (χ3v) is 5.87. The van der Waals surface area contributed by atoms with Crippen molar-refractivity contribution in [3.05, 3.63) is 66.2 Å². The smallest absolute Gasteiger partial charge is 0.198 e. The third kappa shape index (κ3) is 3.95. The van der Waals surface area contributed by atoms with Crippen LogP contribution in [0, 0.1) is 0 Å². The number of carbonyl (C=O) groups excluding carboxylic acids is 1. The SMILES string of the molecule is CC1(C)C[C@]2(CCO1)C(Nc1ccccc1)=NC(=S)N2CC(=O)c1ccccc1. The summed E-state index contributed by atoms with van der Waals surface area (Å²) in [7, 11) is 0. The number of ketones is 1. The lowest BCUT2D eigenvalue weighted by molar-refractivity contribution is -0.0860. The topological polar surface area (TPSA) is 53.9 Å². The number of para-hydroxylation sites is 1. The van der Waals surface area contributed by atoms with Gasteiger partial charge in [0.05, 0.1) is 12.1 Å². The van der Waals surface area contributed by atoms with Gasteiger partial charge in [-0.3, -0.25) is 4.79 Å². The third-order valence-electron chi connectivity index (χ3n) is 5.56. The number of rotatable bonds is 4. The molecule has 29 heavy (non-hydrogen) atoms. The van der Waals surface area contributed by atoms with Crippen LogP contribution in [0.2, 0.25) is 0 Å². The number of carbonyl (C=O) groups is 1. The Morgan fingerprint density at radius 1 is 1.14 bits per heavy atom. The molecule has 6 heteroatoms. The largest absolute Gasteiger partial charge is 0.375 e. The second-order valence-corrected chi connectivity index (χ2v) is 8.54. The van der Waals surface area contributed by atoms with Gasteiger partial charge in [0.2, 0.25) is 0 Å². The Morgan fingerprint density at radius 3 is 2.45 bits per heavy atom. The average molecular weight is 408 g/mol. The second kappa shape index (κ2) is 7.69. The Labute approximate surface area is 176 Å². The number of ether oxygens (including phenoxy) is 1. The number of nitrogens with zero attached hydrogens (tertiary/aromatic N) is 2. The van der Waals surface area contributed by atoms with Gasteiger partial charge in [0.1, 0.15) is 11.4 Å². The number of aliphatic imine (C=N–C) groups is 1. The molecule has 1 N–H and O–H groups in total. The molecule has 1 fully saturated rings. The Hall–Kier alpha value is -2.57. The van der Waals surface area contributed by atoms with E-state index in [-0.39, 0.29) is 17.9 Å². The van der Waals surface area contributed by atoms with Crippen LogP contribution in [0.1, 0.15) is 37.0 Å². The van der Waals surface area contributed by atoms with Crippen molar-refractivity contribution in [2.45, 2.75) is 37.8 Å². The summed E-state index contributed by atoms with van der Waals surface area (Å²) in [5.74, 6) is 0.832. The molecule has 0 aromatic heterocycles. The van der Waals surface area contributed by atoms with Crippen molar-refractivity contribution < 1.29 is 9.53 Å². The highest BCUT2D eigenvalue weighted by atomic mass is 32.1. The fourth-order valence-electron chi connectivity index (χ4n) is 4.22. The van der Waals surface area contributed by atoms with Gasteiger partial charge in [-0.05, 0) is 38.2 Å². The van der Waals surface area contributed by atoms with Crippen LogP contribution >= 0.6 is 12.2 Å². The first kappa shape index (κ1) is 19.7. The van der Waals surface area contributed by atoms with Crippen LogP contribution in [0.4, 0.5) is 5.69 Å². The summed E-state index contributed by atoms with van der Waals surface area (Å²) < 4.78 is 5.99. The lowest BCUT2D eigenvalue weighted by Crippen LogP contribution is -2.61. The summed E-state index contributed by atoms with van der Waals surface area (Å²) in [4.78, 5) is 19.7. The van der Waals surface area contributed by atoms with E-state index in [0.29, 0.717) is 23.7 Å². The van der Waals surface area contributed by atoms with Crippen molar-refractivity contribution in [3.8, 4) is 0 Å². The Bertz CT molecular complexity index is 943. The highest BCUT2D eigenvalue weighted by Crippen LogP contribution is 2.41. The molecule has 2 aromatic carbocycles. The number of hydrogen-bond donors (Lipinski definition) is 1. The predicted octanol–water partition coefficient (Wildman–Crippen LogP) is 4.31. The molecule has 1 saturated heterocycles. The number of hydrogen-bond acceptors (Lipinski definition) is 4. The molecule has 5 nitrogen and oxygen atoms in total. The minimum atomic E-state index is -0.487. The van der Waals surface area contributed by atoms with E-state index in [2.05, 4.69) is 19.2 Å². The fourth-order valence-corrected chi connectivity index (χ4v) is 4.55. The summed E-state index contributed by atoms with van der Waals surface area (Å²) in [5, 5.41) is 3.92. The molecule has 2 aromatic rings. The number of Topliss-reactive ketones (excluding diaryl/α,β-unsaturated/α-hetero) is 1. The molecule has 150 valence electrons. The van der Waals surface area contributed by atoms with E-state index in [9.17, 15) is 4.79 Å². The summed E-state index contributed by atoms with van der Waals surface area (Å²) in [5.41, 5.74) is 0.806. The lowest BCUT2D eigenvalue weighted by atomic mass is 9.79. The van der Waals surface area contributed by atoms with E-state index >= 15 is 0 Å². The summed E-state index contributed by atoms with van der Waals surface area (Å²) >= 11 is 5.64. The molecule has 1 spiro atoms. The number of thiocarbonyl (C=S) groups is 1. The molecule has 0 unspecified atom stereocenters. The predicted molar refractivity (Wildman–Crippen MR) is 120 cm³/mol. The summed E-state index contributed by atoms with van der Waals surface area (Å²) in [6, 6.07) is 19.3. The molecule has 2 aliphatic heterocycles.